The molecular weight excluding hydrogens is 284 g/mol. The molecule has 0 aromatic heterocycles. The maximum Gasteiger partial charge on any atom is 0.238 e. The molecule has 1 aliphatic carbocycles. The smallest absolute Gasteiger partial charge is 0.238 e. The fraction of sp³-hybridized carbons (Fsp3) is 0.588. The molecule has 0 spiro atoms. The second-order valence-corrected chi connectivity index (χ2v) is 6.76. The summed E-state index contributed by atoms with van der Waals surface area (Å²) in [4.78, 5) is 14.5. The quantitative estimate of drug-likeness (QED) is 0.844. The van der Waals surface area contributed by atoms with Crippen LogP contribution in [0.5, 0.6) is 0 Å². The first-order chi connectivity index (χ1) is 10.2. The molecule has 0 radical (unpaired) electrons. The van der Waals surface area contributed by atoms with Gasteiger partial charge < -0.3 is 4.90 Å². The zero-order valence-corrected chi connectivity index (χ0v) is 13.3. The molecule has 3 atom stereocenters. The number of nitrogens with one attached hydrogen (secondary N) is 1. The number of carbonyl (C=O) groups excluding carboxylic acids is 1. The molecule has 4 heteroatoms. The molecule has 3 nitrogen and oxygen atoms in total. The molecule has 3 rings (SSSR count). The summed E-state index contributed by atoms with van der Waals surface area (Å²) in [5, 5.41) is 4.08. The molecule has 1 aromatic carbocycles. The largest absolute Gasteiger partial charge is 0.319 e. The molecular formula is C17H23ClN2O. The van der Waals surface area contributed by atoms with Gasteiger partial charge in [0.2, 0.25) is 5.91 Å². The Kier molecular flexibility index (Phi) is 4.51. The number of hydrogen-bond acceptors (Lipinski definition) is 2. The first-order valence-corrected chi connectivity index (χ1v) is 8.34. The van der Waals surface area contributed by atoms with Crippen LogP contribution < -0.4 is 5.32 Å². The van der Waals surface area contributed by atoms with Crippen molar-refractivity contribution in [3.8, 4) is 0 Å². The average molecular weight is 307 g/mol. The van der Waals surface area contributed by atoms with Crippen molar-refractivity contribution < 1.29 is 4.79 Å². The maximum absolute atomic E-state index is 12.4. The van der Waals surface area contributed by atoms with E-state index in [1.165, 1.54) is 25.7 Å². The molecule has 1 aromatic rings. The summed E-state index contributed by atoms with van der Waals surface area (Å²) in [6, 6.07) is 8.19. The minimum Gasteiger partial charge on any atom is -0.319 e. The van der Waals surface area contributed by atoms with Crippen LogP contribution in [0.1, 0.15) is 50.8 Å². The van der Waals surface area contributed by atoms with Crippen LogP contribution in [-0.2, 0) is 4.79 Å². The second-order valence-electron chi connectivity index (χ2n) is 6.32. The number of nitrogens with zero attached hydrogens (tertiary/aromatic N) is 1. The van der Waals surface area contributed by atoms with Gasteiger partial charge in [-0.15, -0.1) is 0 Å². The fourth-order valence-corrected chi connectivity index (χ4v) is 3.93. The van der Waals surface area contributed by atoms with Crippen LogP contribution >= 0.6 is 11.6 Å². The molecule has 114 valence electrons. The van der Waals surface area contributed by atoms with E-state index in [0.29, 0.717) is 18.5 Å². The van der Waals surface area contributed by atoms with E-state index < -0.39 is 0 Å². The summed E-state index contributed by atoms with van der Waals surface area (Å²) in [6.45, 7) is 2.72. The Morgan fingerprint density at radius 2 is 2.05 bits per heavy atom. The van der Waals surface area contributed by atoms with Crippen LogP contribution in [0.25, 0.3) is 0 Å². The molecule has 2 aliphatic rings. The van der Waals surface area contributed by atoms with Gasteiger partial charge in [0.1, 0.15) is 6.17 Å². The summed E-state index contributed by atoms with van der Waals surface area (Å²) >= 11 is 6.12. The van der Waals surface area contributed by atoms with Crippen molar-refractivity contribution in [3.63, 3.8) is 0 Å². The summed E-state index contributed by atoms with van der Waals surface area (Å²) in [7, 11) is 0. The van der Waals surface area contributed by atoms with Gasteiger partial charge in [0.05, 0.1) is 6.54 Å². The number of halogens is 1. The lowest BCUT2D eigenvalue weighted by atomic mass is 9.94. The first kappa shape index (κ1) is 14.9. The standard InChI is InChI=1S/C17H23ClN2O/c1-12-6-3-2-4-9-15(12)20-16(21)11-19-17(20)13-7-5-8-14(18)10-13/h5,7-8,10,12,15,17,19H,2-4,6,9,11H2,1H3. The molecule has 3 unspecified atom stereocenters. The molecule has 2 fully saturated rings. The van der Waals surface area contributed by atoms with E-state index in [2.05, 4.69) is 23.2 Å². The third-order valence-electron chi connectivity index (χ3n) is 4.85. The van der Waals surface area contributed by atoms with E-state index in [1.54, 1.807) is 0 Å². The van der Waals surface area contributed by atoms with E-state index in [9.17, 15) is 4.79 Å². The molecule has 1 aliphatic heterocycles. The molecule has 21 heavy (non-hydrogen) atoms. The minimum absolute atomic E-state index is 0.0262. The van der Waals surface area contributed by atoms with Crippen molar-refractivity contribution in [3.05, 3.63) is 34.9 Å². The molecule has 0 bridgehead atoms. The minimum atomic E-state index is -0.0262. The van der Waals surface area contributed by atoms with Gasteiger partial charge in [-0.2, -0.15) is 0 Å². The van der Waals surface area contributed by atoms with Gasteiger partial charge in [0.25, 0.3) is 0 Å². The SMILES string of the molecule is CC1CCCCCC1N1C(=O)CNC1c1cccc(Cl)c1. The Morgan fingerprint density at radius 1 is 1.24 bits per heavy atom. The monoisotopic (exact) mass is 306 g/mol. The van der Waals surface area contributed by atoms with Crippen molar-refractivity contribution in [2.75, 3.05) is 6.54 Å². The number of amides is 1. The van der Waals surface area contributed by atoms with E-state index in [0.717, 1.165) is 17.0 Å². The van der Waals surface area contributed by atoms with E-state index in [1.807, 2.05) is 18.2 Å². The van der Waals surface area contributed by atoms with Crippen molar-refractivity contribution in [2.24, 2.45) is 5.92 Å². The molecule has 1 saturated heterocycles. The first-order valence-electron chi connectivity index (χ1n) is 7.97. The topological polar surface area (TPSA) is 32.3 Å². The zero-order valence-electron chi connectivity index (χ0n) is 12.5. The second kappa shape index (κ2) is 6.37. The van der Waals surface area contributed by atoms with Crippen LogP contribution in [0.15, 0.2) is 24.3 Å². The lowest BCUT2D eigenvalue weighted by molar-refractivity contribution is -0.131. The summed E-state index contributed by atoms with van der Waals surface area (Å²) in [5.74, 6) is 0.789. The van der Waals surface area contributed by atoms with Crippen molar-refractivity contribution in [2.45, 2.75) is 51.2 Å². The van der Waals surface area contributed by atoms with Gasteiger partial charge in [0, 0.05) is 11.1 Å². The van der Waals surface area contributed by atoms with Crippen LogP contribution in [0.3, 0.4) is 0 Å². The Morgan fingerprint density at radius 3 is 2.86 bits per heavy atom. The molecule has 1 heterocycles. The van der Waals surface area contributed by atoms with E-state index in [-0.39, 0.29) is 12.1 Å². The predicted octanol–water partition coefficient (Wildman–Crippen LogP) is 3.74. The zero-order chi connectivity index (χ0) is 14.8. The number of carbonyl (C=O) groups is 1. The van der Waals surface area contributed by atoms with Crippen LogP contribution in [0.4, 0.5) is 0 Å². The van der Waals surface area contributed by atoms with Crippen LogP contribution in [0, 0.1) is 5.92 Å². The Hall–Kier alpha value is -1.06. The third-order valence-corrected chi connectivity index (χ3v) is 5.09. The van der Waals surface area contributed by atoms with E-state index in [4.69, 9.17) is 11.6 Å². The predicted molar refractivity (Wildman–Crippen MR) is 85.1 cm³/mol. The van der Waals surface area contributed by atoms with Crippen molar-refractivity contribution in [1.82, 2.24) is 10.2 Å². The van der Waals surface area contributed by atoms with Crippen LogP contribution in [0.2, 0.25) is 5.02 Å². The summed E-state index contributed by atoms with van der Waals surface area (Å²) in [5.41, 5.74) is 1.09. The highest BCUT2D eigenvalue weighted by molar-refractivity contribution is 6.30. The lowest BCUT2D eigenvalue weighted by Gasteiger charge is -2.36. The Balaban J connectivity index is 1.88. The van der Waals surface area contributed by atoms with Gasteiger partial charge in [-0.25, -0.2) is 0 Å². The third kappa shape index (κ3) is 3.09. The number of hydrogen-bond donors (Lipinski definition) is 1. The normalized spacial score (nSPS) is 30.5. The summed E-state index contributed by atoms with van der Waals surface area (Å²) < 4.78 is 0. The van der Waals surface area contributed by atoms with Gasteiger partial charge in [0.15, 0.2) is 0 Å². The Labute approximate surface area is 131 Å². The van der Waals surface area contributed by atoms with Crippen molar-refractivity contribution in [1.29, 1.82) is 0 Å². The molecule has 1 N–H and O–H groups in total. The fourth-order valence-electron chi connectivity index (χ4n) is 3.74. The van der Waals surface area contributed by atoms with Crippen LogP contribution in [-0.4, -0.2) is 23.4 Å². The van der Waals surface area contributed by atoms with Crippen molar-refractivity contribution >= 4 is 17.5 Å². The highest BCUT2D eigenvalue weighted by Crippen LogP contribution is 2.34. The van der Waals surface area contributed by atoms with Gasteiger partial charge >= 0.3 is 0 Å². The van der Waals surface area contributed by atoms with Gasteiger partial charge in [-0.05, 0) is 36.5 Å². The Bertz CT molecular complexity index is 519. The van der Waals surface area contributed by atoms with Gasteiger partial charge in [-0.1, -0.05) is 49.9 Å². The van der Waals surface area contributed by atoms with Gasteiger partial charge in [-0.3, -0.25) is 10.1 Å². The number of benzene rings is 1. The molecule has 1 saturated carbocycles. The number of rotatable bonds is 2. The average Bonchev–Trinajstić information content (AvgIpc) is 2.71. The summed E-state index contributed by atoms with van der Waals surface area (Å²) in [6.07, 6.45) is 6.11. The maximum atomic E-state index is 12.4. The lowest BCUT2D eigenvalue weighted by Crippen LogP contribution is -2.43. The van der Waals surface area contributed by atoms with E-state index >= 15 is 0 Å². The molecule has 1 amide bonds. The highest BCUT2D eigenvalue weighted by atomic mass is 35.5. The highest BCUT2D eigenvalue weighted by Gasteiger charge is 2.39.